The first-order valence-electron chi connectivity index (χ1n) is 11.3. The van der Waals surface area contributed by atoms with E-state index in [4.69, 9.17) is 0 Å². The first-order chi connectivity index (χ1) is 16.5. The molecule has 1 aliphatic heterocycles. The summed E-state index contributed by atoms with van der Waals surface area (Å²) in [5.41, 5.74) is 1.15. The van der Waals surface area contributed by atoms with Crippen molar-refractivity contribution in [1.29, 1.82) is 0 Å². The van der Waals surface area contributed by atoms with Crippen LogP contribution >= 0.6 is 0 Å². The number of nitrogens with zero attached hydrogens (tertiary/aromatic N) is 6. The summed E-state index contributed by atoms with van der Waals surface area (Å²) in [4.78, 5) is 28.6. The summed E-state index contributed by atoms with van der Waals surface area (Å²) in [6, 6.07) is 13.2. The second-order valence-electron chi connectivity index (χ2n) is 8.64. The Morgan fingerprint density at radius 2 is 1.91 bits per heavy atom. The molecule has 1 aromatic carbocycles. The van der Waals surface area contributed by atoms with Crippen LogP contribution in [-0.4, -0.2) is 54.5 Å². The standard InChI is InChI=1S/C25H27N7O2/c1-3-14-31-23(33)20-17-27-24(29-22(20)32(31)21-6-4-5-13-26-21)28-19-9-7-18(8-10-19)25(34)11-15-30(2)16-12-25/h3-10,13,17,34H,1,11-12,14-16H2,2H3,(H,27,28,29). The Bertz CT molecular complexity index is 1370. The molecular weight excluding hydrogens is 430 g/mol. The Morgan fingerprint density at radius 3 is 2.59 bits per heavy atom. The van der Waals surface area contributed by atoms with Crippen LogP contribution in [-0.2, 0) is 12.1 Å². The van der Waals surface area contributed by atoms with Crippen LogP contribution in [0.5, 0.6) is 0 Å². The number of anilines is 2. The van der Waals surface area contributed by atoms with Crippen LogP contribution in [0.3, 0.4) is 0 Å². The van der Waals surface area contributed by atoms with Crippen LogP contribution in [0, 0.1) is 0 Å². The van der Waals surface area contributed by atoms with Crippen molar-refractivity contribution in [3.63, 3.8) is 0 Å². The van der Waals surface area contributed by atoms with Crippen LogP contribution in [0.15, 0.2) is 72.3 Å². The van der Waals surface area contributed by atoms with Gasteiger partial charge in [-0.3, -0.25) is 4.79 Å². The molecule has 1 aliphatic rings. The van der Waals surface area contributed by atoms with E-state index in [0.29, 0.717) is 42.2 Å². The topological polar surface area (TPSA) is 101 Å². The van der Waals surface area contributed by atoms with Crippen molar-refractivity contribution in [2.45, 2.75) is 25.0 Å². The van der Waals surface area contributed by atoms with Gasteiger partial charge in [-0.2, -0.15) is 4.98 Å². The average Bonchev–Trinajstić information content (AvgIpc) is 3.13. The molecule has 9 nitrogen and oxygen atoms in total. The molecule has 34 heavy (non-hydrogen) atoms. The maximum atomic E-state index is 13.0. The van der Waals surface area contributed by atoms with Gasteiger partial charge in [0, 0.05) is 31.2 Å². The number of benzene rings is 1. The smallest absolute Gasteiger partial charge is 0.278 e. The van der Waals surface area contributed by atoms with E-state index in [9.17, 15) is 9.90 Å². The minimum absolute atomic E-state index is 0.206. The summed E-state index contributed by atoms with van der Waals surface area (Å²) < 4.78 is 3.22. The number of pyridine rings is 1. The van der Waals surface area contributed by atoms with E-state index >= 15 is 0 Å². The Hall–Kier alpha value is -3.82. The van der Waals surface area contributed by atoms with E-state index in [0.717, 1.165) is 24.3 Å². The lowest BCUT2D eigenvalue weighted by Gasteiger charge is -2.37. The lowest BCUT2D eigenvalue weighted by atomic mass is 9.84. The highest BCUT2D eigenvalue weighted by atomic mass is 16.3. The number of hydrogen-bond acceptors (Lipinski definition) is 7. The average molecular weight is 458 g/mol. The fraction of sp³-hybridized carbons (Fsp3) is 0.280. The quantitative estimate of drug-likeness (QED) is 0.429. The zero-order valence-electron chi connectivity index (χ0n) is 19.1. The molecule has 0 unspecified atom stereocenters. The number of piperidine rings is 1. The van der Waals surface area contributed by atoms with Crippen molar-refractivity contribution in [3.05, 3.63) is 83.4 Å². The van der Waals surface area contributed by atoms with E-state index in [2.05, 4.69) is 38.8 Å². The molecule has 4 heterocycles. The predicted molar refractivity (Wildman–Crippen MR) is 131 cm³/mol. The summed E-state index contributed by atoms with van der Waals surface area (Å²) in [6.07, 6.45) is 6.28. The molecule has 4 aromatic rings. The summed E-state index contributed by atoms with van der Waals surface area (Å²) in [5, 5.41) is 14.7. The normalized spacial score (nSPS) is 15.9. The van der Waals surface area contributed by atoms with E-state index in [-0.39, 0.29) is 5.56 Å². The molecule has 0 bridgehead atoms. The van der Waals surface area contributed by atoms with Gasteiger partial charge in [-0.25, -0.2) is 19.3 Å². The monoisotopic (exact) mass is 457 g/mol. The molecule has 0 radical (unpaired) electrons. The molecule has 2 N–H and O–H groups in total. The Labute approximate surface area is 197 Å². The van der Waals surface area contributed by atoms with Gasteiger partial charge in [0.15, 0.2) is 11.5 Å². The third-order valence-corrected chi connectivity index (χ3v) is 6.34. The maximum absolute atomic E-state index is 13.0. The second kappa shape index (κ2) is 8.85. The minimum Gasteiger partial charge on any atom is -0.385 e. The molecule has 174 valence electrons. The molecule has 1 fully saturated rings. The van der Waals surface area contributed by atoms with Crippen LogP contribution in [0.25, 0.3) is 16.9 Å². The van der Waals surface area contributed by atoms with E-state index in [1.165, 1.54) is 10.9 Å². The van der Waals surface area contributed by atoms with Gasteiger partial charge in [-0.15, -0.1) is 6.58 Å². The molecule has 0 atom stereocenters. The molecule has 0 aliphatic carbocycles. The van der Waals surface area contributed by atoms with Crippen LogP contribution in [0.4, 0.5) is 11.6 Å². The van der Waals surface area contributed by atoms with Crippen molar-refractivity contribution in [2.75, 3.05) is 25.5 Å². The van der Waals surface area contributed by atoms with Gasteiger partial charge >= 0.3 is 0 Å². The lowest BCUT2D eigenvalue weighted by molar-refractivity contribution is -0.0203. The summed E-state index contributed by atoms with van der Waals surface area (Å²) in [7, 11) is 2.07. The maximum Gasteiger partial charge on any atom is 0.278 e. The summed E-state index contributed by atoms with van der Waals surface area (Å²) in [6.45, 7) is 5.81. The van der Waals surface area contributed by atoms with E-state index in [1.807, 2.05) is 42.5 Å². The zero-order valence-corrected chi connectivity index (χ0v) is 19.1. The Kier molecular flexibility index (Phi) is 5.72. The van der Waals surface area contributed by atoms with Crippen molar-refractivity contribution in [3.8, 4) is 5.82 Å². The lowest BCUT2D eigenvalue weighted by Crippen LogP contribution is -2.40. The first-order valence-corrected chi connectivity index (χ1v) is 11.3. The van der Waals surface area contributed by atoms with Gasteiger partial charge < -0.3 is 15.3 Å². The third-order valence-electron chi connectivity index (χ3n) is 6.34. The number of hydrogen-bond donors (Lipinski definition) is 2. The fourth-order valence-corrected chi connectivity index (χ4v) is 4.36. The highest BCUT2D eigenvalue weighted by Gasteiger charge is 2.32. The largest absolute Gasteiger partial charge is 0.385 e. The van der Waals surface area contributed by atoms with Gasteiger partial charge in [-0.05, 0) is 49.7 Å². The van der Waals surface area contributed by atoms with Gasteiger partial charge in [0.25, 0.3) is 5.56 Å². The van der Waals surface area contributed by atoms with Crippen LogP contribution in [0.1, 0.15) is 18.4 Å². The highest BCUT2D eigenvalue weighted by Crippen LogP contribution is 2.33. The third kappa shape index (κ3) is 4.00. The van der Waals surface area contributed by atoms with Crippen molar-refractivity contribution in [1.82, 2.24) is 29.2 Å². The molecule has 0 saturated carbocycles. The van der Waals surface area contributed by atoms with E-state index in [1.54, 1.807) is 17.0 Å². The summed E-state index contributed by atoms with van der Waals surface area (Å²) >= 11 is 0. The minimum atomic E-state index is -0.798. The number of nitrogens with one attached hydrogen (secondary N) is 1. The molecule has 1 saturated heterocycles. The number of aliphatic hydroxyl groups is 1. The van der Waals surface area contributed by atoms with Crippen molar-refractivity contribution < 1.29 is 5.11 Å². The SMILES string of the molecule is C=CCn1c(=O)c2cnc(Nc3ccc(C4(O)CCN(C)CC4)cc3)nc2n1-c1ccccn1. The molecule has 3 aromatic heterocycles. The van der Waals surface area contributed by atoms with Crippen LogP contribution < -0.4 is 10.9 Å². The number of allylic oxidation sites excluding steroid dienone is 1. The van der Waals surface area contributed by atoms with Gasteiger partial charge in [-0.1, -0.05) is 24.3 Å². The highest BCUT2D eigenvalue weighted by molar-refractivity contribution is 5.77. The molecule has 0 amide bonds. The van der Waals surface area contributed by atoms with E-state index < -0.39 is 5.60 Å². The fourth-order valence-electron chi connectivity index (χ4n) is 4.36. The van der Waals surface area contributed by atoms with Crippen molar-refractivity contribution >= 4 is 22.7 Å². The predicted octanol–water partition coefficient (Wildman–Crippen LogP) is 2.82. The summed E-state index contributed by atoms with van der Waals surface area (Å²) in [5.74, 6) is 0.940. The van der Waals surface area contributed by atoms with Crippen molar-refractivity contribution in [2.24, 2.45) is 0 Å². The number of likely N-dealkylation sites (tertiary alicyclic amines) is 1. The molecule has 0 spiro atoms. The first kappa shape index (κ1) is 22.0. The zero-order chi connectivity index (χ0) is 23.7. The molecular formula is C25H27N7O2. The number of fused-ring (bicyclic) bond motifs is 1. The number of rotatable bonds is 6. The molecule has 5 rings (SSSR count). The Balaban J connectivity index is 1.47. The molecule has 9 heteroatoms. The van der Waals surface area contributed by atoms with Gasteiger partial charge in [0.1, 0.15) is 5.39 Å². The Morgan fingerprint density at radius 1 is 1.15 bits per heavy atom. The second-order valence-corrected chi connectivity index (χ2v) is 8.64. The number of aromatic nitrogens is 5. The van der Waals surface area contributed by atoms with Gasteiger partial charge in [0.2, 0.25) is 5.95 Å². The van der Waals surface area contributed by atoms with Gasteiger partial charge in [0.05, 0.1) is 12.1 Å². The van der Waals surface area contributed by atoms with Crippen LogP contribution in [0.2, 0.25) is 0 Å².